The van der Waals surface area contributed by atoms with Crippen LogP contribution in [0, 0.1) is 3.57 Å². The second-order valence-corrected chi connectivity index (χ2v) is 7.13. The third-order valence-electron chi connectivity index (χ3n) is 4.10. The molecule has 2 aromatic rings. The van der Waals surface area contributed by atoms with Crippen LogP contribution in [0.4, 0.5) is 0 Å². The normalized spacial score (nSPS) is 15.0. The Bertz CT molecular complexity index is 707. The number of piperidine rings is 1. The van der Waals surface area contributed by atoms with E-state index in [4.69, 9.17) is 9.15 Å². The SMILES string of the molecule is O=C(COc1ccc(I)cc1)NC1CCN(C(=O)c2ccoc2)CC1. The molecule has 0 bridgehead atoms. The summed E-state index contributed by atoms with van der Waals surface area (Å²) < 4.78 is 11.6. The molecule has 0 aliphatic carbocycles. The van der Waals surface area contributed by atoms with Crippen molar-refractivity contribution >= 4 is 34.4 Å². The Labute approximate surface area is 159 Å². The molecule has 1 aliphatic rings. The zero-order valence-electron chi connectivity index (χ0n) is 13.6. The van der Waals surface area contributed by atoms with Gasteiger partial charge in [0.15, 0.2) is 6.61 Å². The predicted molar refractivity (Wildman–Crippen MR) is 100 cm³/mol. The Morgan fingerprint density at radius 1 is 1.20 bits per heavy atom. The van der Waals surface area contributed by atoms with Crippen LogP contribution in [-0.2, 0) is 4.79 Å². The van der Waals surface area contributed by atoms with Crippen molar-refractivity contribution in [3.05, 3.63) is 52.0 Å². The van der Waals surface area contributed by atoms with E-state index in [2.05, 4.69) is 27.9 Å². The number of likely N-dealkylation sites (tertiary alicyclic amines) is 1. The molecule has 0 unspecified atom stereocenters. The molecule has 1 aliphatic heterocycles. The number of nitrogens with one attached hydrogen (secondary N) is 1. The fourth-order valence-corrected chi connectivity index (χ4v) is 3.10. The van der Waals surface area contributed by atoms with Crippen molar-refractivity contribution in [2.24, 2.45) is 0 Å². The van der Waals surface area contributed by atoms with Gasteiger partial charge in [-0.05, 0) is 65.8 Å². The summed E-state index contributed by atoms with van der Waals surface area (Å²) in [5.74, 6) is 0.509. The molecule has 1 saturated heterocycles. The fourth-order valence-electron chi connectivity index (χ4n) is 2.74. The first-order valence-electron chi connectivity index (χ1n) is 8.11. The lowest BCUT2D eigenvalue weighted by Gasteiger charge is -2.32. The third-order valence-corrected chi connectivity index (χ3v) is 4.82. The molecule has 0 spiro atoms. The molecule has 1 N–H and O–H groups in total. The maximum atomic E-state index is 12.2. The van der Waals surface area contributed by atoms with E-state index in [-0.39, 0.29) is 24.5 Å². The second-order valence-electron chi connectivity index (χ2n) is 5.89. The summed E-state index contributed by atoms with van der Waals surface area (Å²) in [5.41, 5.74) is 0.563. The lowest BCUT2D eigenvalue weighted by molar-refractivity contribution is -0.124. The van der Waals surface area contributed by atoms with Crippen molar-refractivity contribution in [3.8, 4) is 5.75 Å². The first-order valence-corrected chi connectivity index (χ1v) is 9.19. The highest BCUT2D eigenvalue weighted by Crippen LogP contribution is 2.15. The minimum absolute atomic E-state index is 0.00520. The van der Waals surface area contributed by atoms with Gasteiger partial charge in [0.2, 0.25) is 0 Å². The van der Waals surface area contributed by atoms with Crippen LogP contribution in [0.3, 0.4) is 0 Å². The van der Waals surface area contributed by atoms with Crippen molar-refractivity contribution in [1.82, 2.24) is 10.2 Å². The minimum Gasteiger partial charge on any atom is -0.484 e. The van der Waals surface area contributed by atoms with Crippen molar-refractivity contribution in [1.29, 1.82) is 0 Å². The molecular formula is C18H19IN2O4. The van der Waals surface area contributed by atoms with Gasteiger partial charge in [0.05, 0.1) is 11.8 Å². The average molecular weight is 454 g/mol. The van der Waals surface area contributed by atoms with E-state index >= 15 is 0 Å². The van der Waals surface area contributed by atoms with Crippen molar-refractivity contribution in [2.75, 3.05) is 19.7 Å². The molecule has 1 aromatic carbocycles. The zero-order chi connectivity index (χ0) is 17.6. The Morgan fingerprint density at radius 3 is 2.56 bits per heavy atom. The van der Waals surface area contributed by atoms with E-state index < -0.39 is 0 Å². The number of hydrogen-bond acceptors (Lipinski definition) is 4. The van der Waals surface area contributed by atoms with E-state index in [9.17, 15) is 9.59 Å². The van der Waals surface area contributed by atoms with Gasteiger partial charge in [0.25, 0.3) is 11.8 Å². The molecule has 2 heterocycles. The van der Waals surface area contributed by atoms with Crippen LogP contribution in [0.1, 0.15) is 23.2 Å². The first-order chi connectivity index (χ1) is 12.1. The number of ether oxygens (including phenoxy) is 1. The number of halogens is 1. The summed E-state index contributed by atoms with van der Waals surface area (Å²) in [5, 5.41) is 2.97. The Kier molecular flexibility index (Phi) is 5.95. The molecule has 1 aromatic heterocycles. The molecule has 0 atom stereocenters. The molecule has 1 fully saturated rings. The molecule has 7 heteroatoms. The highest BCUT2D eigenvalue weighted by Gasteiger charge is 2.25. The topological polar surface area (TPSA) is 71.8 Å². The summed E-state index contributed by atoms with van der Waals surface area (Å²) in [6.45, 7) is 1.23. The highest BCUT2D eigenvalue weighted by atomic mass is 127. The van der Waals surface area contributed by atoms with Gasteiger partial charge in [0.1, 0.15) is 12.0 Å². The lowest BCUT2D eigenvalue weighted by atomic mass is 10.0. The molecule has 0 saturated carbocycles. The monoisotopic (exact) mass is 454 g/mol. The van der Waals surface area contributed by atoms with Gasteiger partial charge in [-0.25, -0.2) is 0 Å². The number of hydrogen-bond donors (Lipinski definition) is 1. The standard InChI is InChI=1S/C18H19IN2O4/c19-14-1-3-16(4-2-14)25-12-17(22)20-15-5-8-21(9-6-15)18(23)13-7-10-24-11-13/h1-4,7,10-11,15H,5-6,8-9,12H2,(H,20,22). The van der Waals surface area contributed by atoms with Gasteiger partial charge in [0, 0.05) is 22.7 Å². The Hall–Kier alpha value is -2.03. The smallest absolute Gasteiger partial charge is 0.258 e. The molecule has 3 rings (SSSR count). The van der Waals surface area contributed by atoms with E-state index in [1.54, 1.807) is 11.0 Å². The van der Waals surface area contributed by atoms with Crippen LogP contribution in [-0.4, -0.2) is 42.5 Å². The van der Waals surface area contributed by atoms with Gasteiger partial charge >= 0.3 is 0 Å². The third kappa shape index (κ3) is 4.97. The number of carbonyl (C=O) groups is 2. The summed E-state index contributed by atoms with van der Waals surface area (Å²) in [6.07, 6.45) is 4.42. The molecular weight excluding hydrogens is 435 g/mol. The van der Waals surface area contributed by atoms with Crippen molar-refractivity contribution < 1.29 is 18.7 Å². The van der Waals surface area contributed by atoms with Crippen molar-refractivity contribution in [2.45, 2.75) is 18.9 Å². The molecule has 25 heavy (non-hydrogen) atoms. The second kappa shape index (κ2) is 8.37. The minimum atomic E-state index is -0.141. The van der Waals surface area contributed by atoms with Crippen LogP contribution < -0.4 is 10.1 Å². The number of nitrogens with zero attached hydrogens (tertiary/aromatic N) is 1. The van der Waals surface area contributed by atoms with Gasteiger partial charge < -0.3 is 19.4 Å². The van der Waals surface area contributed by atoms with Crippen LogP contribution in [0.2, 0.25) is 0 Å². The van der Waals surface area contributed by atoms with E-state index in [0.29, 0.717) is 24.4 Å². The van der Waals surface area contributed by atoms with Crippen LogP contribution in [0.5, 0.6) is 5.75 Å². The number of amides is 2. The number of furan rings is 1. The van der Waals surface area contributed by atoms with E-state index in [0.717, 1.165) is 16.4 Å². The van der Waals surface area contributed by atoms with E-state index in [1.165, 1.54) is 12.5 Å². The summed E-state index contributed by atoms with van der Waals surface area (Å²) in [4.78, 5) is 26.0. The largest absolute Gasteiger partial charge is 0.484 e. The van der Waals surface area contributed by atoms with Gasteiger partial charge in [-0.15, -0.1) is 0 Å². The van der Waals surface area contributed by atoms with Gasteiger partial charge in [-0.1, -0.05) is 0 Å². The van der Waals surface area contributed by atoms with Gasteiger partial charge in [-0.2, -0.15) is 0 Å². The quantitative estimate of drug-likeness (QED) is 0.706. The average Bonchev–Trinajstić information content (AvgIpc) is 3.16. The molecule has 0 radical (unpaired) electrons. The zero-order valence-corrected chi connectivity index (χ0v) is 15.8. The van der Waals surface area contributed by atoms with Gasteiger partial charge in [-0.3, -0.25) is 9.59 Å². The lowest BCUT2D eigenvalue weighted by Crippen LogP contribution is -2.47. The maximum Gasteiger partial charge on any atom is 0.258 e. The summed E-state index contributed by atoms with van der Waals surface area (Å²) in [7, 11) is 0. The summed E-state index contributed by atoms with van der Waals surface area (Å²) >= 11 is 2.22. The fraction of sp³-hybridized carbons (Fsp3) is 0.333. The maximum absolute atomic E-state index is 12.2. The molecule has 132 valence electrons. The molecule has 6 nitrogen and oxygen atoms in total. The first kappa shape index (κ1) is 17.8. The number of benzene rings is 1. The van der Waals surface area contributed by atoms with E-state index in [1.807, 2.05) is 24.3 Å². The highest BCUT2D eigenvalue weighted by molar-refractivity contribution is 14.1. The Balaban J connectivity index is 1.40. The van der Waals surface area contributed by atoms with Crippen LogP contribution in [0.25, 0.3) is 0 Å². The molecule has 2 amide bonds. The van der Waals surface area contributed by atoms with Crippen molar-refractivity contribution in [3.63, 3.8) is 0 Å². The summed E-state index contributed by atoms with van der Waals surface area (Å²) in [6, 6.07) is 9.28. The predicted octanol–water partition coefficient (Wildman–Crippen LogP) is 2.68. The Morgan fingerprint density at radius 2 is 1.92 bits per heavy atom. The van der Waals surface area contributed by atoms with Crippen LogP contribution >= 0.6 is 22.6 Å². The number of carbonyl (C=O) groups excluding carboxylic acids is 2. The number of rotatable bonds is 5. The van der Waals surface area contributed by atoms with Crippen LogP contribution in [0.15, 0.2) is 47.3 Å².